The first-order chi connectivity index (χ1) is 5.97. The molecule has 0 spiro atoms. The highest BCUT2D eigenvalue weighted by Gasteiger charge is 2.30. The van der Waals surface area contributed by atoms with Gasteiger partial charge in [0.1, 0.15) is 0 Å². The fourth-order valence-electron chi connectivity index (χ4n) is 0.669. The summed E-state index contributed by atoms with van der Waals surface area (Å²) in [5.74, 6) is 0. The first kappa shape index (κ1) is 10.1. The van der Waals surface area contributed by atoms with E-state index in [1.54, 1.807) is 11.5 Å². The summed E-state index contributed by atoms with van der Waals surface area (Å²) in [6, 6.07) is 5.76. The fourth-order valence-corrected chi connectivity index (χ4v) is 0.859. The van der Waals surface area contributed by atoms with Crippen molar-refractivity contribution in [3.63, 3.8) is 0 Å². The third-order valence-electron chi connectivity index (χ3n) is 1.11. The van der Waals surface area contributed by atoms with Crippen molar-refractivity contribution in [1.29, 1.82) is 0 Å². The predicted octanol–water partition coefficient (Wildman–Crippen LogP) is 3.20. The van der Waals surface area contributed by atoms with Crippen molar-refractivity contribution in [1.82, 2.24) is 0 Å². The molecular formula is C7H5ClF3NO. The smallest absolute Gasteiger partial charge is 0.258 e. The van der Waals surface area contributed by atoms with E-state index in [9.17, 15) is 13.2 Å². The van der Waals surface area contributed by atoms with Gasteiger partial charge in [-0.05, 0) is 18.2 Å². The van der Waals surface area contributed by atoms with Gasteiger partial charge in [0.05, 0.1) is 5.69 Å². The zero-order valence-electron chi connectivity index (χ0n) is 6.23. The molecule has 0 aliphatic carbocycles. The Morgan fingerprint density at radius 1 is 1.31 bits per heavy atom. The van der Waals surface area contributed by atoms with Crippen LogP contribution in [0.5, 0.6) is 0 Å². The average molecular weight is 212 g/mol. The molecule has 1 aromatic carbocycles. The number of rotatable bonds is 2. The average Bonchev–Trinajstić information content (AvgIpc) is 2.00. The van der Waals surface area contributed by atoms with Gasteiger partial charge in [-0.15, -0.1) is 13.2 Å². The molecule has 2 nitrogen and oxygen atoms in total. The standard InChI is InChI=1S/C7H5ClF3NO/c8-5-2-1-3-6(4-5)12-13-7(9,10)11/h1-4,12H. The van der Waals surface area contributed by atoms with E-state index in [0.29, 0.717) is 5.02 Å². The van der Waals surface area contributed by atoms with Crippen molar-refractivity contribution in [2.75, 3.05) is 5.48 Å². The number of nitrogens with one attached hydrogen (secondary N) is 1. The lowest BCUT2D eigenvalue weighted by Gasteiger charge is -2.08. The molecule has 72 valence electrons. The molecule has 1 N–H and O–H groups in total. The van der Waals surface area contributed by atoms with Crippen molar-refractivity contribution in [2.45, 2.75) is 6.36 Å². The normalized spacial score (nSPS) is 11.4. The van der Waals surface area contributed by atoms with E-state index in [2.05, 4.69) is 4.84 Å². The van der Waals surface area contributed by atoms with Gasteiger partial charge in [0.25, 0.3) is 0 Å². The van der Waals surface area contributed by atoms with Gasteiger partial charge < -0.3 is 0 Å². The van der Waals surface area contributed by atoms with Crippen LogP contribution < -0.4 is 5.48 Å². The summed E-state index contributed by atoms with van der Waals surface area (Å²) in [4.78, 5) is 3.36. The molecule has 0 aliphatic rings. The Morgan fingerprint density at radius 3 is 2.54 bits per heavy atom. The van der Waals surface area contributed by atoms with Crippen molar-refractivity contribution in [2.24, 2.45) is 0 Å². The molecule has 0 atom stereocenters. The Bertz CT molecular complexity index is 289. The molecule has 0 unspecified atom stereocenters. The van der Waals surface area contributed by atoms with Crippen LogP contribution >= 0.6 is 11.6 Å². The van der Waals surface area contributed by atoms with Crippen LogP contribution in [0.1, 0.15) is 0 Å². The van der Waals surface area contributed by atoms with Crippen LogP contribution in [0.4, 0.5) is 18.9 Å². The Kier molecular flexibility index (Phi) is 3.00. The third-order valence-corrected chi connectivity index (χ3v) is 1.34. The van der Waals surface area contributed by atoms with Crippen LogP contribution in [-0.2, 0) is 4.84 Å². The molecule has 0 aliphatic heterocycles. The highest BCUT2D eigenvalue weighted by Crippen LogP contribution is 2.20. The maximum Gasteiger partial charge on any atom is 0.543 e. The summed E-state index contributed by atoms with van der Waals surface area (Å²) in [6.45, 7) is 0. The summed E-state index contributed by atoms with van der Waals surface area (Å²) in [6.07, 6.45) is -4.71. The lowest BCUT2D eigenvalue weighted by atomic mass is 10.3. The quantitative estimate of drug-likeness (QED) is 0.759. The second-order valence-corrected chi connectivity index (χ2v) is 2.60. The molecule has 0 radical (unpaired) electrons. The minimum atomic E-state index is -4.71. The molecule has 0 heterocycles. The van der Waals surface area contributed by atoms with Crippen LogP contribution in [0.2, 0.25) is 5.02 Å². The summed E-state index contributed by atoms with van der Waals surface area (Å²) in [5, 5.41) is 0.329. The number of alkyl halides is 3. The van der Waals surface area contributed by atoms with Crippen molar-refractivity contribution in [3.8, 4) is 0 Å². The number of hydrogen-bond donors (Lipinski definition) is 1. The van der Waals surface area contributed by atoms with Gasteiger partial charge in [-0.3, -0.25) is 5.48 Å². The minimum absolute atomic E-state index is 0.143. The molecule has 13 heavy (non-hydrogen) atoms. The number of halogens is 4. The molecule has 0 amide bonds. The van der Waals surface area contributed by atoms with Gasteiger partial charge in [0, 0.05) is 5.02 Å². The van der Waals surface area contributed by atoms with Crippen LogP contribution in [-0.4, -0.2) is 6.36 Å². The SMILES string of the molecule is FC(F)(F)ONc1cccc(Cl)c1. The predicted molar refractivity (Wildman–Crippen MR) is 42.2 cm³/mol. The van der Waals surface area contributed by atoms with Crippen molar-refractivity contribution in [3.05, 3.63) is 29.3 Å². The van der Waals surface area contributed by atoms with Gasteiger partial charge >= 0.3 is 6.36 Å². The zero-order chi connectivity index (χ0) is 9.90. The molecular weight excluding hydrogens is 207 g/mol. The lowest BCUT2D eigenvalue weighted by Crippen LogP contribution is -2.17. The Morgan fingerprint density at radius 2 is 2.00 bits per heavy atom. The van der Waals surface area contributed by atoms with Crippen LogP contribution in [0, 0.1) is 0 Å². The van der Waals surface area contributed by atoms with Crippen LogP contribution in [0.15, 0.2) is 24.3 Å². The molecule has 0 saturated heterocycles. The van der Waals surface area contributed by atoms with E-state index in [1.807, 2.05) is 0 Å². The lowest BCUT2D eigenvalue weighted by molar-refractivity contribution is -0.311. The van der Waals surface area contributed by atoms with Gasteiger partial charge in [-0.25, -0.2) is 0 Å². The highest BCUT2D eigenvalue weighted by molar-refractivity contribution is 6.30. The first-order valence-corrected chi connectivity index (χ1v) is 3.61. The second kappa shape index (κ2) is 3.85. The maximum atomic E-state index is 11.5. The summed E-state index contributed by atoms with van der Waals surface area (Å²) < 4.78 is 34.6. The van der Waals surface area contributed by atoms with E-state index >= 15 is 0 Å². The van der Waals surface area contributed by atoms with E-state index < -0.39 is 6.36 Å². The van der Waals surface area contributed by atoms with E-state index in [-0.39, 0.29) is 5.69 Å². The number of hydrogen-bond acceptors (Lipinski definition) is 2. The van der Waals surface area contributed by atoms with E-state index in [1.165, 1.54) is 18.2 Å². The van der Waals surface area contributed by atoms with E-state index in [4.69, 9.17) is 11.6 Å². The number of benzene rings is 1. The summed E-state index contributed by atoms with van der Waals surface area (Å²) >= 11 is 5.52. The molecule has 1 rings (SSSR count). The summed E-state index contributed by atoms with van der Waals surface area (Å²) in [7, 11) is 0. The largest absolute Gasteiger partial charge is 0.543 e. The van der Waals surface area contributed by atoms with Gasteiger partial charge in [-0.2, -0.15) is 4.84 Å². The molecule has 0 saturated carbocycles. The topological polar surface area (TPSA) is 21.3 Å². The van der Waals surface area contributed by atoms with Crippen molar-refractivity contribution >= 4 is 17.3 Å². The Balaban J connectivity index is 2.55. The molecule has 6 heteroatoms. The summed E-state index contributed by atoms with van der Waals surface area (Å²) in [5.41, 5.74) is 1.86. The number of anilines is 1. The van der Waals surface area contributed by atoms with Gasteiger partial charge in [-0.1, -0.05) is 17.7 Å². The van der Waals surface area contributed by atoms with Crippen molar-refractivity contribution < 1.29 is 18.0 Å². The van der Waals surface area contributed by atoms with E-state index in [0.717, 1.165) is 0 Å². The van der Waals surface area contributed by atoms with Gasteiger partial charge in [0.15, 0.2) is 0 Å². The molecule has 0 fully saturated rings. The Hall–Kier alpha value is -0.940. The molecule has 0 bridgehead atoms. The van der Waals surface area contributed by atoms with Crippen LogP contribution in [0.25, 0.3) is 0 Å². The second-order valence-electron chi connectivity index (χ2n) is 2.16. The van der Waals surface area contributed by atoms with Crippen LogP contribution in [0.3, 0.4) is 0 Å². The monoisotopic (exact) mass is 211 g/mol. The molecule has 1 aromatic rings. The fraction of sp³-hybridized carbons (Fsp3) is 0.143. The minimum Gasteiger partial charge on any atom is -0.258 e. The first-order valence-electron chi connectivity index (χ1n) is 3.24. The zero-order valence-corrected chi connectivity index (χ0v) is 6.99. The maximum absolute atomic E-state index is 11.5. The Labute approximate surface area is 77.2 Å². The highest BCUT2D eigenvalue weighted by atomic mass is 35.5. The van der Waals surface area contributed by atoms with Gasteiger partial charge in [0.2, 0.25) is 0 Å². The third kappa shape index (κ3) is 4.00. The molecule has 0 aromatic heterocycles.